The van der Waals surface area contributed by atoms with Gasteiger partial charge in [0.1, 0.15) is 11.9 Å². The zero-order chi connectivity index (χ0) is 17.1. The summed E-state index contributed by atoms with van der Waals surface area (Å²) in [5.41, 5.74) is 2.54. The Morgan fingerprint density at radius 3 is 2.58 bits per heavy atom. The summed E-state index contributed by atoms with van der Waals surface area (Å²) >= 11 is 0. The van der Waals surface area contributed by atoms with Crippen LogP contribution in [0.25, 0.3) is 0 Å². The number of hydrogen-bond acceptors (Lipinski definition) is 3. The van der Waals surface area contributed by atoms with E-state index in [1.54, 1.807) is 11.0 Å². The van der Waals surface area contributed by atoms with Crippen molar-refractivity contribution >= 4 is 17.6 Å². The minimum absolute atomic E-state index is 0.304. The van der Waals surface area contributed by atoms with Crippen molar-refractivity contribution in [3.63, 3.8) is 0 Å². The van der Waals surface area contributed by atoms with E-state index in [9.17, 15) is 9.59 Å². The standard InChI is InChI=1S/C19H17NO4/c1-13-6-5-9-15-19(13)24-16(14-7-3-2-4-8-14)12-20(15)17(21)10-11-18(22)23/h2-11,16H,12H2,1H3,(H,22,23). The maximum absolute atomic E-state index is 12.5. The lowest BCUT2D eigenvalue weighted by atomic mass is 10.0. The van der Waals surface area contributed by atoms with Gasteiger partial charge in [0.2, 0.25) is 0 Å². The normalized spacial score (nSPS) is 16.5. The third-order valence-corrected chi connectivity index (χ3v) is 3.90. The van der Waals surface area contributed by atoms with Crippen LogP contribution in [-0.4, -0.2) is 23.5 Å². The largest absolute Gasteiger partial charge is 0.481 e. The first kappa shape index (κ1) is 15.8. The molecule has 1 atom stereocenters. The van der Waals surface area contributed by atoms with E-state index >= 15 is 0 Å². The van der Waals surface area contributed by atoms with E-state index in [-0.39, 0.29) is 12.0 Å². The van der Waals surface area contributed by atoms with Crippen LogP contribution >= 0.6 is 0 Å². The zero-order valence-corrected chi connectivity index (χ0v) is 13.2. The summed E-state index contributed by atoms with van der Waals surface area (Å²) in [6.07, 6.45) is 1.62. The number of carbonyl (C=O) groups excluding carboxylic acids is 1. The van der Waals surface area contributed by atoms with E-state index in [0.29, 0.717) is 18.0 Å². The molecular formula is C19H17NO4. The summed E-state index contributed by atoms with van der Waals surface area (Å²) in [4.78, 5) is 24.7. The van der Waals surface area contributed by atoms with Crippen LogP contribution in [0.4, 0.5) is 5.69 Å². The quantitative estimate of drug-likeness (QED) is 0.882. The van der Waals surface area contributed by atoms with Gasteiger partial charge in [0, 0.05) is 12.2 Å². The summed E-state index contributed by atoms with van der Waals surface area (Å²) in [5.74, 6) is -0.885. The van der Waals surface area contributed by atoms with Gasteiger partial charge in [-0.2, -0.15) is 0 Å². The number of aliphatic carboxylic acids is 1. The molecule has 0 saturated heterocycles. The Kier molecular flexibility index (Phi) is 4.33. The van der Waals surface area contributed by atoms with Crippen molar-refractivity contribution in [2.24, 2.45) is 0 Å². The van der Waals surface area contributed by atoms with Crippen molar-refractivity contribution in [2.45, 2.75) is 13.0 Å². The van der Waals surface area contributed by atoms with E-state index in [4.69, 9.17) is 9.84 Å². The van der Waals surface area contributed by atoms with Gasteiger partial charge in [0.25, 0.3) is 5.91 Å². The Morgan fingerprint density at radius 1 is 1.12 bits per heavy atom. The van der Waals surface area contributed by atoms with Gasteiger partial charge in [-0.15, -0.1) is 0 Å². The molecule has 0 fully saturated rings. The molecular weight excluding hydrogens is 306 g/mol. The number of carboxylic acids is 1. The van der Waals surface area contributed by atoms with Gasteiger partial charge in [-0.25, -0.2) is 4.79 Å². The number of fused-ring (bicyclic) bond motifs is 1. The molecule has 5 nitrogen and oxygen atoms in total. The third kappa shape index (κ3) is 3.15. The Labute approximate surface area is 139 Å². The highest BCUT2D eigenvalue weighted by Gasteiger charge is 2.30. The van der Waals surface area contributed by atoms with E-state index < -0.39 is 5.97 Å². The highest BCUT2D eigenvalue weighted by atomic mass is 16.5. The summed E-state index contributed by atoms with van der Waals surface area (Å²) in [5, 5.41) is 8.75. The number of hydrogen-bond donors (Lipinski definition) is 1. The molecule has 1 aliphatic heterocycles. The molecule has 0 aromatic heterocycles. The van der Waals surface area contributed by atoms with Crippen LogP contribution in [0, 0.1) is 6.92 Å². The zero-order valence-electron chi connectivity index (χ0n) is 13.2. The first-order valence-corrected chi connectivity index (χ1v) is 7.60. The molecule has 0 spiro atoms. The van der Waals surface area contributed by atoms with Crippen LogP contribution in [0.1, 0.15) is 17.2 Å². The van der Waals surface area contributed by atoms with Crippen LogP contribution < -0.4 is 9.64 Å². The first-order chi connectivity index (χ1) is 11.6. The van der Waals surface area contributed by atoms with Gasteiger partial charge in [-0.1, -0.05) is 42.5 Å². The number of amides is 1. The van der Waals surface area contributed by atoms with Gasteiger partial charge >= 0.3 is 5.97 Å². The fraction of sp³-hybridized carbons (Fsp3) is 0.158. The second-order valence-corrected chi connectivity index (χ2v) is 5.56. The molecule has 122 valence electrons. The van der Waals surface area contributed by atoms with Crippen molar-refractivity contribution in [3.05, 3.63) is 71.8 Å². The minimum atomic E-state index is -1.15. The number of para-hydroxylation sites is 1. The third-order valence-electron chi connectivity index (χ3n) is 3.90. The number of ether oxygens (including phenoxy) is 1. The molecule has 24 heavy (non-hydrogen) atoms. The maximum Gasteiger partial charge on any atom is 0.328 e. The summed E-state index contributed by atoms with van der Waals surface area (Å²) in [6, 6.07) is 15.2. The lowest BCUT2D eigenvalue weighted by molar-refractivity contribution is -0.131. The molecule has 0 aliphatic carbocycles. The van der Waals surface area contributed by atoms with Gasteiger partial charge in [0.15, 0.2) is 0 Å². The Bertz CT molecular complexity index is 798. The predicted octanol–water partition coefficient (Wildman–Crippen LogP) is 3.10. The van der Waals surface area contributed by atoms with Crippen molar-refractivity contribution < 1.29 is 19.4 Å². The van der Waals surface area contributed by atoms with Gasteiger partial charge in [-0.05, 0) is 24.1 Å². The molecule has 2 aromatic rings. The molecule has 0 saturated carbocycles. The number of carbonyl (C=O) groups is 2. The highest BCUT2D eigenvalue weighted by molar-refractivity contribution is 6.05. The summed E-state index contributed by atoms with van der Waals surface area (Å²) in [6.45, 7) is 2.24. The van der Waals surface area contributed by atoms with Crippen LogP contribution in [0.3, 0.4) is 0 Å². The van der Waals surface area contributed by atoms with Gasteiger partial charge in [0.05, 0.1) is 12.2 Å². The highest BCUT2D eigenvalue weighted by Crippen LogP contribution is 2.40. The summed E-state index contributed by atoms with van der Waals surface area (Å²) in [7, 11) is 0. The van der Waals surface area contributed by atoms with Crippen LogP contribution in [0.5, 0.6) is 5.75 Å². The van der Waals surface area contributed by atoms with Crippen LogP contribution in [-0.2, 0) is 9.59 Å². The fourth-order valence-electron chi connectivity index (χ4n) is 2.73. The van der Waals surface area contributed by atoms with Crippen LogP contribution in [0.2, 0.25) is 0 Å². The van der Waals surface area contributed by atoms with Crippen LogP contribution in [0.15, 0.2) is 60.7 Å². The van der Waals surface area contributed by atoms with Crippen molar-refractivity contribution in [2.75, 3.05) is 11.4 Å². The second-order valence-electron chi connectivity index (χ2n) is 5.56. The molecule has 5 heteroatoms. The molecule has 1 N–H and O–H groups in total. The number of aryl methyl sites for hydroxylation is 1. The molecule has 1 heterocycles. The SMILES string of the molecule is Cc1cccc2c1OC(c1ccccc1)CN2C(=O)C=CC(=O)O. The molecule has 3 rings (SSSR count). The monoisotopic (exact) mass is 323 g/mol. The topological polar surface area (TPSA) is 66.8 Å². The van der Waals surface area contributed by atoms with Crippen molar-refractivity contribution in [1.82, 2.24) is 0 Å². The van der Waals surface area contributed by atoms with E-state index in [1.807, 2.05) is 49.4 Å². The predicted molar refractivity (Wildman–Crippen MR) is 90.1 cm³/mol. The molecule has 0 radical (unpaired) electrons. The van der Waals surface area contributed by atoms with E-state index in [2.05, 4.69) is 0 Å². The van der Waals surface area contributed by atoms with Gasteiger partial charge < -0.3 is 14.7 Å². The minimum Gasteiger partial charge on any atom is -0.481 e. The number of rotatable bonds is 3. The van der Waals surface area contributed by atoms with Crippen molar-refractivity contribution in [3.8, 4) is 5.75 Å². The number of nitrogens with zero attached hydrogens (tertiary/aromatic N) is 1. The first-order valence-electron chi connectivity index (χ1n) is 7.60. The average molecular weight is 323 g/mol. The van der Waals surface area contributed by atoms with E-state index in [0.717, 1.165) is 23.3 Å². The fourth-order valence-corrected chi connectivity index (χ4v) is 2.73. The Balaban J connectivity index is 2.00. The lowest BCUT2D eigenvalue weighted by Crippen LogP contribution is -2.39. The molecule has 0 bridgehead atoms. The average Bonchev–Trinajstić information content (AvgIpc) is 2.60. The second kappa shape index (κ2) is 6.58. The smallest absolute Gasteiger partial charge is 0.328 e. The molecule has 1 amide bonds. The Morgan fingerprint density at radius 2 is 1.88 bits per heavy atom. The number of benzene rings is 2. The molecule has 2 aromatic carbocycles. The van der Waals surface area contributed by atoms with Crippen molar-refractivity contribution in [1.29, 1.82) is 0 Å². The number of carboxylic acid groups (broad SMARTS) is 1. The van der Waals surface area contributed by atoms with E-state index in [1.165, 1.54) is 0 Å². The lowest BCUT2D eigenvalue weighted by Gasteiger charge is -2.35. The Hall–Kier alpha value is -3.08. The molecule has 1 aliphatic rings. The number of anilines is 1. The molecule has 1 unspecified atom stereocenters. The van der Waals surface area contributed by atoms with Gasteiger partial charge in [-0.3, -0.25) is 4.79 Å². The summed E-state index contributed by atoms with van der Waals surface area (Å²) < 4.78 is 6.12. The maximum atomic E-state index is 12.5.